The third kappa shape index (κ3) is 5.55. The Labute approximate surface area is 221 Å². The summed E-state index contributed by atoms with van der Waals surface area (Å²) >= 11 is 0. The van der Waals surface area contributed by atoms with Crippen molar-refractivity contribution in [1.29, 1.82) is 0 Å². The van der Waals surface area contributed by atoms with E-state index in [-0.39, 0.29) is 23.6 Å². The number of nitrogens with zero attached hydrogens (tertiary/aromatic N) is 2. The van der Waals surface area contributed by atoms with Gasteiger partial charge < -0.3 is 15.0 Å². The maximum absolute atomic E-state index is 13.7. The van der Waals surface area contributed by atoms with Crippen LogP contribution in [0.5, 0.6) is 0 Å². The van der Waals surface area contributed by atoms with E-state index in [0.29, 0.717) is 39.0 Å². The first-order chi connectivity index (χ1) is 18.3. The summed E-state index contributed by atoms with van der Waals surface area (Å²) in [6.07, 6.45) is 0.626. The van der Waals surface area contributed by atoms with Crippen LogP contribution >= 0.6 is 0 Å². The number of carbonyl (C=O) groups excluding carboxylic acids is 2. The highest BCUT2D eigenvalue weighted by Gasteiger charge is 2.43. The van der Waals surface area contributed by atoms with Gasteiger partial charge in [0, 0.05) is 39.0 Å². The second-order valence-electron chi connectivity index (χ2n) is 9.99. The van der Waals surface area contributed by atoms with E-state index in [9.17, 15) is 18.4 Å². The van der Waals surface area contributed by atoms with Crippen LogP contribution in [0.15, 0.2) is 72.8 Å². The van der Waals surface area contributed by atoms with Crippen LogP contribution < -0.4 is 5.32 Å². The fourth-order valence-electron chi connectivity index (χ4n) is 5.30. The average molecular weight is 520 g/mol. The second kappa shape index (κ2) is 10.9. The SMILES string of the molecule is C[C@@H](c1ccc(-c2ccc(F)cc2)cc1)N1CC[C@](CCN2CCNC(=O)C2)(c2ccc(F)cc2)OC1=O. The predicted octanol–water partition coefficient (Wildman–Crippen LogP) is 5.25. The van der Waals surface area contributed by atoms with Gasteiger partial charge >= 0.3 is 6.09 Å². The Kier molecular flexibility index (Phi) is 7.42. The lowest BCUT2D eigenvalue weighted by molar-refractivity contribution is -0.124. The maximum atomic E-state index is 13.7. The minimum absolute atomic E-state index is 0.0156. The van der Waals surface area contributed by atoms with Crippen molar-refractivity contribution in [3.05, 3.63) is 95.6 Å². The molecule has 0 aromatic heterocycles. The highest BCUT2D eigenvalue weighted by Crippen LogP contribution is 2.40. The fourth-order valence-corrected chi connectivity index (χ4v) is 5.30. The van der Waals surface area contributed by atoms with Crippen LogP contribution in [-0.4, -0.2) is 54.5 Å². The molecule has 0 radical (unpaired) electrons. The van der Waals surface area contributed by atoms with Crippen LogP contribution in [0.1, 0.15) is 36.9 Å². The molecule has 3 aromatic carbocycles. The summed E-state index contributed by atoms with van der Waals surface area (Å²) in [6.45, 7) is 4.65. The molecule has 2 atom stereocenters. The Morgan fingerprint density at radius 2 is 1.50 bits per heavy atom. The number of amides is 2. The van der Waals surface area contributed by atoms with Gasteiger partial charge in [0.1, 0.15) is 17.2 Å². The van der Waals surface area contributed by atoms with Crippen LogP contribution in [0.2, 0.25) is 0 Å². The zero-order chi connectivity index (χ0) is 26.7. The van der Waals surface area contributed by atoms with Gasteiger partial charge in [-0.1, -0.05) is 48.5 Å². The van der Waals surface area contributed by atoms with E-state index in [1.165, 1.54) is 24.3 Å². The largest absolute Gasteiger partial charge is 0.438 e. The fraction of sp³-hybridized carbons (Fsp3) is 0.333. The maximum Gasteiger partial charge on any atom is 0.411 e. The average Bonchev–Trinajstić information content (AvgIpc) is 2.93. The van der Waals surface area contributed by atoms with Crippen molar-refractivity contribution in [3.8, 4) is 11.1 Å². The Bertz CT molecular complexity index is 1280. The molecule has 0 unspecified atom stereocenters. The van der Waals surface area contributed by atoms with Crippen LogP contribution in [-0.2, 0) is 15.1 Å². The minimum Gasteiger partial charge on any atom is -0.438 e. The summed E-state index contributed by atoms with van der Waals surface area (Å²) in [6, 6.07) is 20.1. The molecule has 0 saturated carbocycles. The van der Waals surface area contributed by atoms with E-state index in [1.807, 2.05) is 31.2 Å². The molecule has 3 aromatic rings. The number of benzene rings is 3. The topological polar surface area (TPSA) is 61.9 Å². The van der Waals surface area contributed by atoms with Crippen molar-refractivity contribution >= 4 is 12.0 Å². The van der Waals surface area contributed by atoms with Gasteiger partial charge in [0.05, 0.1) is 12.6 Å². The van der Waals surface area contributed by atoms with Crippen LogP contribution in [0.3, 0.4) is 0 Å². The molecule has 2 fully saturated rings. The molecule has 0 spiro atoms. The normalized spacial score (nSPS) is 21.1. The molecule has 0 bridgehead atoms. The lowest BCUT2D eigenvalue weighted by Crippen LogP contribution is -2.52. The van der Waals surface area contributed by atoms with Gasteiger partial charge in [-0.15, -0.1) is 0 Å². The van der Waals surface area contributed by atoms with E-state index in [1.54, 1.807) is 29.2 Å². The van der Waals surface area contributed by atoms with Crippen molar-refractivity contribution in [2.24, 2.45) is 0 Å². The molecule has 198 valence electrons. The number of hydrogen-bond donors (Lipinski definition) is 1. The molecule has 6 nitrogen and oxygen atoms in total. The molecule has 0 aliphatic carbocycles. The molecule has 8 heteroatoms. The molecule has 1 N–H and O–H groups in total. The number of ether oxygens (including phenoxy) is 1. The summed E-state index contributed by atoms with van der Waals surface area (Å²) in [4.78, 5) is 29.0. The summed E-state index contributed by atoms with van der Waals surface area (Å²) in [5.74, 6) is -0.642. The predicted molar refractivity (Wildman–Crippen MR) is 140 cm³/mol. The van der Waals surface area contributed by atoms with Crippen LogP contribution in [0.25, 0.3) is 11.1 Å². The van der Waals surface area contributed by atoms with Crippen molar-refractivity contribution < 1.29 is 23.1 Å². The Balaban J connectivity index is 1.31. The van der Waals surface area contributed by atoms with Gasteiger partial charge in [0.15, 0.2) is 0 Å². The number of nitrogens with one attached hydrogen (secondary N) is 1. The van der Waals surface area contributed by atoms with Crippen molar-refractivity contribution in [1.82, 2.24) is 15.1 Å². The third-order valence-electron chi connectivity index (χ3n) is 7.63. The molecular formula is C30H31F2N3O3. The molecule has 2 aliphatic heterocycles. The van der Waals surface area contributed by atoms with Crippen molar-refractivity contribution in [2.75, 3.05) is 32.7 Å². The number of rotatable bonds is 7. The van der Waals surface area contributed by atoms with E-state index >= 15 is 0 Å². The molecule has 5 rings (SSSR count). The van der Waals surface area contributed by atoms with Gasteiger partial charge in [-0.3, -0.25) is 9.69 Å². The second-order valence-corrected chi connectivity index (χ2v) is 9.99. The number of piperazine rings is 1. The number of carbonyl (C=O) groups is 2. The zero-order valence-corrected chi connectivity index (χ0v) is 21.3. The first-order valence-electron chi connectivity index (χ1n) is 12.9. The summed E-state index contributed by atoms with van der Waals surface area (Å²) in [5.41, 5.74) is 2.69. The van der Waals surface area contributed by atoms with Gasteiger partial charge in [-0.25, -0.2) is 13.6 Å². The van der Waals surface area contributed by atoms with Crippen molar-refractivity contribution in [2.45, 2.75) is 31.4 Å². The highest BCUT2D eigenvalue weighted by molar-refractivity contribution is 5.78. The number of cyclic esters (lactones) is 1. The van der Waals surface area contributed by atoms with Gasteiger partial charge in [0.2, 0.25) is 5.91 Å². The first-order valence-corrected chi connectivity index (χ1v) is 12.9. The lowest BCUT2D eigenvalue weighted by atomic mass is 9.85. The Morgan fingerprint density at radius 1 is 0.895 bits per heavy atom. The van der Waals surface area contributed by atoms with Crippen LogP contribution in [0.4, 0.5) is 13.6 Å². The molecular weight excluding hydrogens is 488 g/mol. The van der Waals surface area contributed by atoms with Gasteiger partial charge in [-0.2, -0.15) is 0 Å². The van der Waals surface area contributed by atoms with Crippen molar-refractivity contribution in [3.63, 3.8) is 0 Å². The van der Waals surface area contributed by atoms with E-state index in [0.717, 1.165) is 28.8 Å². The summed E-state index contributed by atoms with van der Waals surface area (Å²) in [5, 5.41) is 2.82. The summed E-state index contributed by atoms with van der Waals surface area (Å²) in [7, 11) is 0. The quantitative estimate of drug-likeness (QED) is 0.463. The van der Waals surface area contributed by atoms with Gasteiger partial charge in [0.25, 0.3) is 0 Å². The molecule has 2 saturated heterocycles. The lowest BCUT2D eigenvalue weighted by Gasteiger charge is -2.44. The molecule has 2 aliphatic rings. The van der Waals surface area contributed by atoms with E-state index in [4.69, 9.17) is 4.74 Å². The highest BCUT2D eigenvalue weighted by atomic mass is 19.1. The standard InChI is InChI=1S/C30H31F2N3O3/c1-21(22-2-4-23(5-3-22)24-6-10-26(31)11-7-24)35-18-15-30(38-29(35)37,25-8-12-27(32)13-9-25)14-17-34-19-16-33-28(36)20-34/h2-13,21H,14-20H2,1H3,(H,33,36)/t21-,30+/m0/s1. The summed E-state index contributed by atoms with van der Waals surface area (Å²) < 4.78 is 33.1. The smallest absolute Gasteiger partial charge is 0.411 e. The molecule has 2 amide bonds. The van der Waals surface area contributed by atoms with Crippen LogP contribution in [0, 0.1) is 11.6 Å². The third-order valence-corrected chi connectivity index (χ3v) is 7.63. The number of halogens is 2. The molecule has 38 heavy (non-hydrogen) atoms. The molecule has 2 heterocycles. The monoisotopic (exact) mass is 519 g/mol. The number of hydrogen-bond acceptors (Lipinski definition) is 4. The van der Waals surface area contributed by atoms with E-state index in [2.05, 4.69) is 10.2 Å². The van der Waals surface area contributed by atoms with E-state index < -0.39 is 11.7 Å². The zero-order valence-electron chi connectivity index (χ0n) is 21.3. The van der Waals surface area contributed by atoms with Gasteiger partial charge in [-0.05, 0) is 53.4 Å². The Hall–Kier alpha value is -3.78. The Morgan fingerprint density at radius 3 is 2.11 bits per heavy atom. The minimum atomic E-state index is -0.901. The first kappa shape index (κ1) is 25.9.